The van der Waals surface area contributed by atoms with Gasteiger partial charge in [-0.05, 0) is 24.3 Å². The number of aromatic nitrogens is 2. The molecule has 0 radical (unpaired) electrons. The van der Waals surface area contributed by atoms with Crippen molar-refractivity contribution in [3.8, 4) is 22.7 Å². The minimum atomic E-state index is -4.74. The molecule has 7 heteroatoms. The average molecular weight is 319 g/mol. The molecule has 0 aliphatic rings. The van der Waals surface area contributed by atoms with Gasteiger partial charge in [0.25, 0.3) is 0 Å². The molecule has 0 atom stereocenters. The van der Waals surface area contributed by atoms with Gasteiger partial charge in [0.1, 0.15) is 11.6 Å². The van der Waals surface area contributed by atoms with E-state index in [9.17, 15) is 13.2 Å². The van der Waals surface area contributed by atoms with E-state index in [-0.39, 0.29) is 11.6 Å². The molecule has 0 fully saturated rings. The summed E-state index contributed by atoms with van der Waals surface area (Å²) < 4.78 is 42.6. The van der Waals surface area contributed by atoms with Gasteiger partial charge in [0.15, 0.2) is 0 Å². The summed E-state index contributed by atoms with van der Waals surface area (Å²) in [5, 5.41) is 4.19. The molecule has 0 bridgehead atoms. The molecule has 0 aliphatic heterocycles. The van der Waals surface area contributed by atoms with E-state index in [4.69, 9.17) is 5.73 Å². The lowest BCUT2D eigenvalue weighted by molar-refractivity contribution is -0.274. The second-order valence-electron chi connectivity index (χ2n) is 4.78. The number of para-hydroxylation sites is 1. The van der Waals surface area contributed by atoms with E-state index in [2.05, 4.69) is 9.84 Å². The van der Waals surface area contributed by atoms with Crippen LogP contribution in [0.4, 0.5) is 19.0 Å². The van der Waals surface area contributed by atoms with Crippen LogP contribution in [0.2, 0.25) is 0 Å². The fraction of sp³-hybridized carbons (Fsp3) is 0.0625. The molecule has 0 spiro atoms. The van der Waals surface area contributed by atoms with Crippen LogP contribution in [0.1, 0.15) is 0 Å². The highest BCUT2D eigenvalue weighted by atomic mass is 19.4. The molecule has 0 amide bonds. The second kappa shape index (κ2) is 5.68. The number of halogens is 3. The zero-order valence-corrected chi connectivity index (χ0v) is 11.8. The first-order valence-corrected chi connectivity index (χ1v) is 6.69. The van der Waals surface area contributed by atoms with Gasteiger partial charge >= 0.3 is 6.36 Å². The van der Waals surface area contributed by atoms with E-state index in [0.29, 0.717) is 11.3 Å². The Morgan fingerprint density at radius 1 is 0.957 bits per heavy atom. The third-order valence-electron chi connectivity index (χ3n) is 3.09. The van der Waals surface area contributed by atoms with Crippen LogP contribution in [0.15, 0.2) is 60.7 Å². The highest BCUT2D eigenvalue weighted by Crippen LogP contribution is 2.30. The fourth-order valence-corrected chi connectivity index (χ4v) is 2.22. The van der Waals surface area contributed by atoms with Crippen LogP contribution in [0.3, 0.4) is 0 Å². The third-order valence-corrected chi connectivity index (χ3v) is 3.09. The Morgan fingerprint density at radius 2 is 1.70 bits per heavy atom. The molecule has 3 aromatic rings. The van der Waals surface area contributed by atoms with Crippen molar-refractivity contribution >= 4 is 5.82 Å². The van der Waals surface area contributed by atoms with Crippen molar-refractivity contribution in [3.05, 3.63) is 60.7 Å². The van der Waals surface area contributed by atoms with Gasteiger partial charge in [-0.2, -0.15) is 5.10 Å². The predicted molar refractivity (Wildman–Crippen MR) is 80.1 cm³/mol. The van der Waals surface area contributed by atoms with Crippen molar-refractivity contribution in [1.82, 2.24) is 9.78 Å². The van der Waals surface area contributed by atoms with Crippen LogP contribution in [-0.2, 0) is 0 Å². The van der Waals surface area contributed by atoms with Crippen LogP contribution in [-0.4, -0.2) is 16.1 Å². The Labute approximate surface area is 129 Å². The fourth-order valence-electron chi connectivity index (χ4n) is 2.22. The Hall–Kier alpha value is -2.96. The normalized spacial score (nSPS) is 11.4. The number of nitrogen functional groups attached to an aromatic ring is 1. The summed E-state index contributed by atoms with van der Waals surface area (Å²) in [4.78, 5) is 0. The van der Waals surface area contributed by atoms with Crippen molar-refractivity contribution in [3.63, 3.8) is 0 Å². The van der Waals surface area contributed by atoms with Gasteiger partial charge in [-0.15, -0.1) is 13.2 Å². The van der Waals surface area contributed by atoms with E-state index in [0.717, 1.165) is 5.69 Å². The zero-order valence-electron chi connectivity index (χ0n) is 11.8. The Morgan fingerprint density at radius 3 is 2.39 bits per heavy atom. The van der Waals surface area contributed by atoms with Crippen LogP contribution >= 0.6 is 0 Å². The van der Waals surface area contributed by atoms with Gasteiger partial charge in [0.2, 0.25) is 0 Å². The quantitative estimate of drug-likeness (QED) is 0.793. The predicted octanol–water partition coefficient (Wildman–Crippen LogP) is 4.02. The largest absolute Gasteiger partial charge is 0.573 e. The molecule has 118 valence electrons. The summed E-state index contributed by atoms with van der Waals surface area (Å²) in [6.07, 6.45) is -4.74. The van der Waals surface area contributed by atoms with E-state index in [1.165, 1.54) is 18.2 Å². The van der Waals surface area contributed by atoms with Gasteiger partial charge in [-0.1, -0.05) is 30.3 Å². The molecule has 0 saturated carbocycles. The summed E-state index contributed by atoms with van der Waals surface area (Å²) in [6.45, 7) is 0. The molecule has 1 heterocycles. The molecular formula is C16H12F3N3O. The Bertz CT molecular complexity index is 813. The molecule has 1 aromatic heterocycles. The standard InChI is InChI=1S/C16H12F3N3O/c17-16(18,19)23-13-8-4-5-11(9-13)14-10-15(20)21-22(14)12-6-2-1-3-7-12/h1-10H,(H2,20,21). The lowest BCUT2D eigenvalue weighted by atomic mass is 10.1. The maximum atomic E-state index is 12.4. The van der Waals surface area contributed by atoms with Gasteiger partial charge in [0, 0.05) is 11.6 Å². The number of benzene rings is 2. The van der Waals surface area contributed by atoms with Crippen molar-refractivity contribution < 1.29 is 17.9 Å². The molecule has 0 saturated heterocycles. The van der Waals surface area contributed by atoms with E-state index >= 15 is 0 Å². The summed E-state index contributed by atoms with van der Waals surface area (Å²) in [5.74, 6) is -0.0274. The first kappa shape index (κ1) is 15.0. The van der Waals surface area contributed by atoms with Crippen molar-refractivity contribution in [2.75, 3.05) is 5.73 Å². The summed E-state index contributed by atoms with van der Waals surface area (Å²) >= 11 is 0. The molecular weight excluding hydrogens is 307 g/mol. The maximum absolute atomic E-state index is 12.4. The van der Waals surface area contributed by atoms with Gasteiger partial charge < -0.3 is 10.5 Å². The van der Waals surface area contributed by atoms with Crippen LogP contribution < -0.4 is 10.5 Å². The number of alkyl halides is 3. The van der Waals surface area contributed by atoms with Gasteiger partial charge in [-0.3, -0.25) is 0 Å². The lowest BCUT2D eigenvalue weighted by Crippen LogP contribution is -2.17. The SMILES string of the molecule is Nc1cc(-c2cccc(OC(F)(F)F)c2)n(-c2ccccc2)n1. The number of nitrogens with two attached hydrogens (primary N) is 1. The average Bonchev–Trinajstić information content (AvgIpc) is 2.89. The molecule has 4 nitrogen and oxygen atoms in total. The van der Waals surface area contributed by atoms with Gasteiger partial charge in [0.05, 0.1) is 11.4 Å². The molecule has 0 unspecified atom stereocenters. The number of ether oxygens (including phenoxy) is 1. The molecule has 2 N–H and O–H groups in total. The topological polar surface area (TPSA) is 53.1 Å². The molecule has 3 rings (SSSR count). The third kappa shape index (κ3) is 3.45. The number of nitrogens with zero attached hydrogens (tertiary/aromatic N) is 2. The second-order valence-corrected chi connectivity index (χ2v) is 4.78. The summed E-state index contributed by atoms with van der Waals surface area (Å²) in [6, 6.07) is 16.5. The summed E-state index contributed by atoms with van der Waals surface area (Å²) in [7, 11) is 0. The van der Waals surface area contributed by atoms with Crippen LogP contribution in [0.5, 0.6) is 5.75 Å². The number of rotatable bonds is 3. The lowest BCUT2D eigenvalue weighted by Gasteiger charge is -2.11. The van der Waals surface area contributed by atoms with E-state index < -0.39 is 6.36 Å². The smallest absolute Gasteiger partial charge is 0.406 e. The number of hydrogen-bond acceptors (Lipinski definition) is 3. The first-order chi connectivity index (χ1) is 10.9. The molecule has 0 aliphatic carbocycles. The van der Waals surface area contributed by atoms with Crippen LogP contribution in [0, 0.1) is 0 Å². The van der Waals surface area contributed by atoms with Crippen molar-refractivity contribution in [1.29, 1.82) is 0 Å². The Balaban J connectivity index is 2.05. The zero-order chi connectivity index (χ0) is 16.4. The summed E-state index contributed by atoms with van der Waals surface area (Å²) in [5.41, 5.74) is 7.59. The highest BCUT2D eigenvalue weighted by molar-refractivity contribution is 5.66. The van der Waals surface area contributed by atoms with Gasteiger partial charge in [-0.25, -0.2) is 4.68 Å². The first-order valence-electron chi connectivity index (χ1n) is 6.69. The maximum Gasteiger partial charge on any atom is 0.573 e. The molecule has 23 heavy (non-hydrogen) atoms. The minimum Gasteiger partial charge on any atom is -0.406 e. The Kier molecular flexibility index (Phi) is 3.69. The minimum absolute atomic E-state index is 0.269. The number of hydrogen-bond donors (Lipinski definition) is 1. The highest BCUT2D eigenvalue weighted by Gasteiger charge is 2.31. The van der Waals surface area contributed by atoms with E-state index in [1.807, 2.05) is 30.3 Å². The monoisotopic (exact) mass is 319 g/mol. The van der Waals surface area contributed by atoms with Crippen LogP contribution in [0.25, 0.3) is 16.9 Å². The number of anilines is 1. The molecule has 2 aromatic carbocycles. The van der Waals surface area contributed by atoms with Crippen molar-refractivity contribution in [2.45, 2.75) is 6.36 Å². The van der Waals surface area contributed by atoms with Crippen molar-refractivity contribution in [2.24, 2.45) is 0 Å². The van der Waals surface area contributed by atoms with E-state index in [1.54, 1.807) is 16.8 Å².